The third kappa shape index (κ3) is 6.68. The molecule has 2 aromatic rings. The zero-order valence-electron chi connectivity index (χ0n) is 21.1. The highest BCUT2D eigenvalue weighted by Gasteiger charge is 2.37. The van der Waals surface area contributed by atoms with Crippen LogP contribution < -0.4 is 14.8 Å². The first-order chi connectivity index (χ1) is 18.2. The minimum Gasteiger partial charge on any atom is -0.493 e. The summed E-state index contributed by atoms with van der Waals surface area (Å²) in [6, 6.07) is 10.5. The maximum atomic E-state index is 12.9. The number of amides is 4. The van der Waals surface area contributed by atoms with Gasteiger partial charge in [-0.25, -0.2) is 0 Å². The Kier molecular flexibility index (Phi) is 8.96. The van der Waals surface area contributed by atoms with E-state index in [1.807, 2.05) is 25.1 Å². The number of carbonyl (C=O) groups is 4. The van der Waals surface area contributed by atoms with E-state index in [1.165, 1.54) is 13.2 Å². The molecule has 1 N–H and O–H groups in total. The summed E-state index contributed by atoms with van der Waals surface area (Å²) < 4.78 is 11.0. The molecule has 2 aromatic carbocycles. The molecule has 9 nitrogen and oxygen atoms in total. The average molecular weight is 558 g/mol. The fraction of sp³-hybridized carbons (Fsp3) is 0.333. The summed E-state index contributed by atoms with van der Waals surface area (Å²) in [6.45, 7) is 2.64. The first-order valence-electron chi connectivity index (χ1n) is 12.1. The van der Waals surface area contributed by atoms with E-state index in [9.17, 15) is 19.2 Å². The summed E-state index contributed by atoms with van der Waals surface area (Å²) in [5.41, 5.74) is 2.16. The number of hydrogen-bond acceptors (Lipinski definition) is 7. The maximum Gasteiger partial charge on any atom is 0.294 e. The van der Waals surface area contributed by atoms with E-state index < -0.39 is 11.1 Å². The molecule has 2 heterocycles. The molecule has 2 aliphatic rings. The smallest absolute Gasteiger partial charge is 0.294 e. The molecule has 0 atom stereocenters. The Bertz CT molecular complexity index is 1290. The van der Waals surface area contributed by atoms with Crippen molar-refractivity contribution in [3.05, 3.63) is 57.5 Å². The van der Waals surface area contributed by atoms with Crippen LogP contribution in [0.5, 0.6) is 11.5 Å². The largest absolute Gasteiger partial charge is 0.493 e. The van der Waals surface area contributed by atoms with Gasteiger partial charge in [0.2, 0.25) is 5.91 Å². The Morgan fingerprint density at radius 2 is 1.89 bits per heavy atom. The molecule has 4 amide bonds. The number of piperidine rings is 1. The lowest BCUT2D eigenvalue weighted by atomic mass is 10.1. The number of halogens is 1. The lowest BCUT2D eigenvalue weighted by Crippen LogP contribution is -2.44. The van der Waals surface area contributed by atoms with E-state index in [0.717, 1.165) is 41.5 Å². The van der Waals surface area contributed by atoms with Gasteiger partial charge in [0.15, 0.2) is 18.1 Å². The van der Waals surface area contributed by atoms with Crippen molar-refractivity contribution < 1.29 is 28.7 Å². The van der Waals surface area contributed by atoms with Crippen LogP contribution in [0.3, 0.4) is 0 Å². The summed E-state index contributed by atoms with van der Waals surface area (Å²) in [6.07, 6.45) is 4.43. The molecule has 2 saturated heterocycles. The number of anilines is 1. The summed E-state index contributed by atoms with van der Waals surface area (Å²) in [5.74, 6) is -0.706. The van der Waals surface area contributed by atoms with Crippen LogP contribution in [-0.4, -0.2) is 66.1 Å². The Morgan fingerprint density at radius 1 is 1.13 bits per heavy atom. The van der Waals surface area contributed by atoms with Gasteiger partial charge in [-0.1, -0.05) is 23.7 Å². The monoisotopic (exact) mass is 557 g/mol. The van der Waals surface area contributed by atoms with Crippen LogP contribution in [0.4, 0.5) is 10.5 Å². The van der Waals surface area contributed by atoms with Gasteiger partial charge in [-0.05, 0) is 79.4 Å². The predicted molar refractivity (Wildman–Crippen MR) is 146 cm³/mol. The minimum absolute atomic E-state index is 0.165. The molecular formula is C27H28ClN3O6S. The average Bonchev–Trinajstić information content (AvgIpc) is 3.15. The summed E-state index contributed by atoms with van der Waals surface area (Å²) in [5, 5.41) is 2.42. The van der Waals surface area contributed by atoms with Crippen LogP contribution in [0.25, 0.3) is 6.08 Å². The molecule has 2 aliphatic heterocycles. The van der Waals surface area contributed by atoms with Crippen molar-refractivity contribution in [2.24, 2.45) is 0 Å². The third-order valence-corrected chi connectivity index (χ3v) is 7.26. The number of likely N-dealkylation sites (tertiary alicyclic amines) is 1. The molecule has 0 unspecified atom stereocenters. The summed E-state index contributed by atoms with van der Waals surface area (Å²) in [7, 11) is 1.43. The molecule has 4 rings (SSSR count). The zero-order chi connectivity index (χ0) is 27.2. The molecule has 0 aliphatic carbocycles. The Morgan fingerprint density at radius 3 is 2.61 bits per heavy atom. The van der Waals surface area contributed by atoms with Crippen molar-refractivity contribution in [2.75, 3.05) is 38.7 Å². The molecule has 200 valence electrons. The van der Waals surface area contributed by atoms with Gasteiger partial charge >= 0.3 is 0 Å². The van der Waals surface area contributed by atoms with E-state index in [1.54, 1.807) is 23.1 Å². The Labute approximate surface area is 230 Å². The second-order valence-electron chi connectivity index (χ2n) is 8.95. The van der Waals surface area contributed by atoms with E-state index in [2.05, 4.69) is 5.32 Å². The van der Waals surface area contributed by atoms with Gasteiger partial charge in [-0.15, -0.1) is 0 Å². The van der Waals surface area contributed by atoms with Gasteiger partial charge in [0.1, 0.15) is 6.54 Å². The van der Waals surface area contributed by atoms with E-state index in [4.69, 9.17) is 21.1 Å². The first-order valence-corrected chi connectivity index (χ1v) is 13.3. The van der Waals surface area contributed by atoms with Crippen LogP contribution in [0, 0.1) is 6.92 Å². The van der Waals surface area contributed by atoms with Crippen molar-refractivity contribution in [3.63, 3.8) is 0 Å². The molecule has 0 saturated carbocycles. The number of methoxy groups -OCH3 is 1. The van der Waals surface area contributed by atoms with Crippen LogP contribution in [0.2, 0.25) is 5.02 Å². The molecule has 0 bridgehead atoms. The zero-order valence-corrected chi connectivity index (χ0v) is 22.7. The van der Waals surface area contributed by atoms with Crippen LogP contribution in [0.1, 0.15) is 30.4 Å². The number of hydrogen-bond donors (Lipinski definition) is 1. The van der Waals surface area contributed by atoms with Gasteiger partial charge in [0.25, 0.3) is 17.1 Å². The molecule has 2 fully saturated rings. The fourth-order valence-corrected chi connectivity index (χ4v) is 5.30. The van der Waals surface area contributed by atoms with E-state index in [-0.39, 0.29) is 46.4 Å². The maximum absolute atomic E-state index is 12.9. The second kappa shape index (κ2) is 12.4. The molecule has 0 spiro atoms. The lowest BCUT2D eigenvalue weighted by Gasteiger charge is -2.27. The molecular weight excluding hydrogens is 530 g/mol. The highest BCUT2D eigenvalue weighted by Crippen LogP contribution is 2.39. The van der Waals surface area contributed by atoms with E-state index in [0.29, 0.717) is 24.3 Å². The van der Waals surface area contributed by atoms with Crippen molar-refractivity contribution in [2.45, 2.75) is 26.2 Å². The molecule has 0 aromatic heterocycles. The number of carbonyl (C=O) groups excluding carboxylic acids is 4. The summed E-state index contributed by atoms with van der Waals surface area (Å²) >= 11 is 7.19. The van der Waals surface area contributed by atoms with Crippen molar-refractivity contribution in [1.29, 1.82) is 0 Å². The molecule has 38 heavy (non-hydrogen) atoms. The van der Waals surface area contributed by atoms with Crippen LogP contribution >= 0.6 is 23.4 Å². The normalized spacial score (nSPS) is 16.7. The number of imide groups is 1. The summed E-state index contributed by atoms with van der Waals surface area (Å²) in [4.78, 5) is 53.2. The van der Waals surface area contributed by atoms with E-state index >= 15 is 0 Å². The van der Waals surface area contributed by atoms with Gasteiger partial charge < -0.3 is 19.7 Å². The van der Waals surface area contributed by atoms with Crippen LogP contribution in [0.15, 0.2) is 41.3 Å². The van der Waals surface area contributed by atoms with Crippen molar-refractivity contribution in [1.82, 2.24) is 9.80 Å². The molecule has 11 heteroatoms. The van der Waals surface area contributed by atoms with Gasteiger partial charge in [-0.3, -0.25) is 24.1 Å². The van der Waals surface area contributed by atoms with Crippen molar-refractivity contribution in [3.8, 4) is 11.5 Å². The standard InChI is InChI=1S/C27H28ClN3O6S/c1-17-7-6-8-19(11-17)29-23(32)16-37-25-20(28)12-18(13-21(25)36-2)14-22-26(34)31(27(35)38-22)15-24(33)30-9-4-3-5-10-30/h6-8,11-14H,3-5,9-10,15-16H2,1-2H3,(H,29,32)/b22-14-. The van der Waals surface area contributed by atoms with Gasteiger partial charge in [0.05, 0.1) is 17.0 Å². The number of ether oxygens (including phenoxy) is 2. The lowest BCUT2D eigenvalue weighted by molar-refractivity contribution is -0.136. The SMILES string of the molecule is COc1cc(/C=C2\SC(=O)N(CC(=O)N3CCCCC3)C2=O)cc(Cl)c1OCC(=O)Nc1cccc(C)c1. The number of nitrogens with zero attached hydrogens (tertiary/aromatic N) is 2. The topological polar surface area (TPSA) is 105 Å². The Balaban J connectivity index is 1.43. The number of thioether (sulfide) groups is 1. The fourth-order valence-electron chi connectivity index (χ4n) is 4.19. The van der Waals surface area contributed by atoms with Gasteiger partial charge in [0, 0.05) is 18.8 Å². The van der Waals surface area contributed by atoms with Crippen molar-refractivity contribution >= 4 is 58.1 Å². The third-order valence-electron chi connectivity index (χ3n) is 6.07. The van der Waals surface area contributed by atoms with Gasteiger partial charge in [-0.2, -0.15) is 0 Å². The number of nitrogens with one attached hydrogen (secondary N) is 1. The number of rotatable bonds is 8. The first kappa shape index (κ1) is 27.5. The van der Waals surface area contributed by atoms with Crippen LogP contribution in [-0.2, 0) is 14.4 Å². The highest BCUT2D eigenvalue weighted by molar-refractivity contribution is 8.18. The minimum atomic E-state index is -0.534. The quantitative estimate of drug-likeness (QED) is 0.468. The number of benzene rings is 2. The predicted octanol–water partition coefficient (Wildman–Crippen LogP) is 4.72. The highest BCUT2D eigenvalue weighted by atomic mass is 35.5. The second-order valence-corrected chi connectivity index (χ2v) is 10.4. The molecule has 0 radical (unpaired) electrons. The number of aryl methyl sites for hydroxylation is 1. The Hall–Kier alpha value is -3.50.